The second-order valence-corrected chi connectivity index (χ2v) is 5.32. The predicted molar refractivity (Wildman–Crippen MR) is 74.3 cm³/mol. The lowest BCUT2D eigenvalue weighted by Crippen LogP contribution is -2.28. The van der Waals surface area contributed by atoms with Gasteiger partial charge in [-0.25, -0.2) is 0 Å². The minimum Gasteiger partial charge on any atom is -0.334 e. The standard InChI is InChI=1S/C14H16ClN3O/c1-9-11(5-2-6-12(9)15)14-17-13(18-19-14)10-4-3-7-16-8-10/h2,5-6,10,16H,3-4,7-8H2,1H3. The Morgan fingerprint density at radius 3 is 3.11 bits per heavy atom. The van der Waals surface area contributed by atoms with Crippen LogP contribution in [0.3, 0.4) is 0 Å². The zero-order valence-corrected chi connectivity index (χ0v) is 11.6. The molecule has 4 nitrogen and oxygen atoms in total. The van der Waals surface area contributed by atoms with Crippen LogP contribution in [-0.2, 0) is 0 Å². The third kappa shape index (κ3) is 2.51. The highest BCUT2D eigenvalue weighted by Crippen LogP contribution is 2.29. The van der Waals surface area contributed by atoms with Crippen molar-refractivity contribution < 1.29 is 4.52 Å². The summed E-state index contributed by atoms with van der Waals surface area (Å²) in [5.41, 5.74) is 1.89. The van der Waals surface area contributed by atoms with Crippen molar-refractivity contribution in [1.82, 2.24) is 15.5 Å². The van der Waals surface area contributed by atoms with Crippen molar-refractivity contribution in [3.05, 3.63) is 34.6 Å². The van der Waals surface area contributed by atoms with Crippen molar-refractivity contribution in [2.75, 3.05) is 13.1 Å². The first-order valence-electron chi connectivity index (χ1n) is 6.55. The van der Waals surface area contributed by atoms with Gasteiger partial charge in [-0.15, -0.1) is 0 Å². The van der Waals surface area contributed by atoms with E-state index in [1.54, 1.807) is 0 Å². The molecule has 19 heavy (non-hydrogen) atoms. The van der Waals surface area contributed by atoms with Crippen molar-refractivity contribution in [1.29, 1.82) is 0 Å². The van der Waals surface area contributed by atoms with E-state index in [9.17, 15) is 0 Å². The van der Waals surface area contributed by atoms with Gasteiger partial charge in [0, 0.05) is 23.0 Å². The maximum Gasteiger partial charge on any atom is 0.258 e. The largest absolute Gasteiger partial charge is 0.334 e. The number of nitrogens with zero attached hydrogens (tertiary/aromatic N) is 2. The predicted octanol–water partition coefficient (Wildman–Crippen LogP) is 3.17. The number of aromatic nitrogens is 2. The smallest absolute Gasteiger partial charge is 0.258 e. The molecule has 2 aromatic rings. The number of hydrogen-bond donors (Lipinski definition) is 1. The van der Waals surface area contributed by atoms with Gasteiger partial charge < -0.3 is 9.84 Å². The molecule has 0 aliphatic carbocycles. The normalized spacial score (nSPS) is 19.6. The molecule has 0 radical (unpaired) electrons. The van der Waals surface area contributed by atoms with Gasteiger partial charge >= 0.3 is 0 Å². The van der Waals surface area contributed by atoms with Gasteiger partial charge in [-0.3, -0.25) is 0 Å². The molecule has 0 amide bonds. The molecule has 0 spiro atoms. The van der Waals surface area contributed by atoms with Crippen LogP contribution in [0.5, 0.6) is 0 Å². The highest BCUT2D eigenvalue weighted by molar-refractivity contribution is 6.31. The summed E-state index contributed by atoms with van der Waals surface area (Å²) in [6.07, 6.45) is 2.27. The lowest BCUT2D eigenvalue weighted by molar-refractivity contribution is 0.393. The molecule has 1 aliphatic heterocycles. The summed E-state index contributed by atoms with van der Waals surface area (Å²) in [5, 5.41) is 8.20. The molecule has 1 aromatic heterocycles. The zero-order chi connectivity index (χ0) is 13.2. The first-order valence-corrected chi connectivity index (χ1v) is 6.93. The van der Waals surface area contributed by atoms with Crippen LogP contribution in [0.4, 0.5) is 0 Å². The van der Waals surface area contributed by atoms with Crippen LogP contribution in [0.15, 0.2) is 22.7 Å². The number of rotatable bonds is 2. The summed E-state index contributed by atoms with van der Waals surface area (Å²) < 4.78 is 5.39. The highest BCUT2D eigenvalue weighted by Gasteiger charge is 2.21. The van der Waals surface area contributed by atoms with E-state index < -0.39 is 0 Å². The number of halogens is 1. The van der Waals surface area contributed by atoms with Crippen LogP contribution >= 0.6 is 11.6 Å². The number of piperidine rings is 1. The maximum absolute atomic E-state index is 6.12. The van der Waals surface area contributed by atoms with Gasteiger partial charge in [0.2, 0.25) is 0 Å². The fourth-order valence-electron chi connectivity index (χ4n) is 2.42. The molecule has 2 heterocycles. The molecule has 1 saturated heterocycles. The molecule has 1 aromatic carbocycles. The van der Waals surface area contributed by atoms with Crippen LogP contribution in [0.2, 0.25) is 5.02 Å². The first kappa shape index (κ1) is 12.6. The highest BCUT2D eigenvalue weighted by atomic mass is 35.5. The molecule has 1 fully saturated rings. The van der Waals surface area contributed by atoms with E-state index in [1.807, 2.05) is 25.1 Å². The topological polar surface area (TPSA) is 51.0 Å². The monoisotopic (exact) mass is 277 g/mol. The molecule has 1 aliphatic rings. The molecule has 1 N–H and O–H groups in total. The summed E-state index contributed by atoms with van der Waals surface area (Å²) >= 11 is 6.12. The van der Waals surface area contributed by atoms with Crippen molar-refractivity contribution in [3.8, 4) is 11.5 Å². The molecule has 0 bridgehead atoms. The Hall–Kier alpha value is -1.39. The Bertz CT molecular complexity index is 576. The van der Waals surface area contributed by atoms with Crippen molar-refractivity contribution in [3.63, 3.8) is 0 Å². The van der Waals surface area contributed by atoms with E-state index in [1.165, 1.54) is 0 Å². The van der Waals surface area contributed by atoms with Gasteiger partial charge in [0.25, 0.3) is 5.89 Å². The van der Waals surface area contributed by atoms with Gasteiger partial charge in [-0.05, 0) is 44.0 Å². The molecule has 3 rings (SSSR count). The molecule has 1 unspecified atom stereocenters. The number of benzene rings is 1. The van der Waals surface area contributed by atoms with E-state index in [-0.39, 0.29) is 0 Å². The van der Waals surface area contributed by atoms with Crippen LogP contribution in [0.25, 0.3) is 11.5 Å². The number of hydrogen-bond acceptors (Lipinski definition) is 4. The van der Waals surface area contributed by atoms with Gasteiger partial charge in [0.15, 0.2) is 5.82 Å². The zero-order valence-electron chi connectivity index (χ0n) is 10.8. The quantitative estimate of drug-likeness (QED) is 0.916. The van der Waals surface area contributed by atoms with Crippen molar-refractivity contribution in [2.24, 2.45) is 0 Å². The van der Waals surface area contributed by atoms with E-state index >= 15 is 0 Å². The van der Waals surface area contributed by atoms with Gasteiger partial charge in [-0.1, -0.05) is 22.8 Å². The Kier molecular flexibility index (Phi) is 3.53. The van der Waals surface area contributed by atoms with Crippen LogP contribution in [-0.4, -0.2) is 23.2 Å². The SMILES string of the molecule is Cc1c(Cl)cccc1-c1nc(C2CCCNC2)no1. The van der Waals surface area contributed by atoms with Gasteiger partial charge in [-0.2, -0.15) is 4.98 Å². The second kappa shape index (κ2) is 5.31. The van der Waals surface area contributed by atoms with Gasteiger partial charge in [0.1, 0.15) is 0 Å². The molecule has 0 saturated carbocycles. The summed E-state index contributed by atoms with van der Waals surface area (Å²) in [6, 6.07) is 5.72. The number of nitrogens with one attached hydrogen (secondary N) is 1. The minimum absolute atomic E-state index is 0.353. The van der Waals surface area contributed by atoms with Gasteiger partial charge in [0.05, 0.1) is 0 Å². The molecule has 1 atom stereocenters. The Balaban J connectivity index is 1.90. The lowest BCUT2D eigenvalue weighted by atomic mass is 9.99. The Labute approximate surface area is 117 Å². The fourth-order valence-corrected chi connectivity index (χ4v) is 2.60. The fraction of sp³-hybridized carbons (Fsp3) is 0.429. The Morgan fingerprint density at radius 2 is 2.32 bits per heavy atom. The lowest BCUT2D eigenvalue weighted by Gasteiger charge is -2.19. The third-order valence-electron chi connectivity index (χ3n) is 3.60. The average Bonchev–Trinajstić information content (AvgIpc) is 2.92. The second-order valence-electron chi connectivity index (χ2n) is 4.91. The maximum atomic E-state index is 6.12. The van der Waals surface area contributed by atoms with Crippen LogP contribution < -0.4 is 5.32 Å². The van der Waals surface area contributed by atoms with Crippen LogP contribution in [0, 0.1) is 6.92 Å². The summed E-state index contributed by atoms with van der Waals surface area (Å²) in [4.78, 5) is 4.53. The molecular weight excluding hydrogens is 262 g/mol. The van der Waals surface area contributed by atoms with Crippen molar-refractivity contribution >= 4 is 11.6 Å². The first-order chi connectivity index (χ1) is 9.25. The van der Waals surface area contributed by atoms with Crippen molar-refractivity contribution in [2.45, 2.75) is 25.7 Å². The molecule has 100 valence electrons. The summed E-state index contributed by atoms with van der Waals surface area (Å²) in [6.45, 7) is 3.96. The summed E-state index contributed by atoms with van der Waals surface area (Å²) in [5.74, 6) is 1.70. The third-order valence-corrected chi connectivity index (χ3v) is 4.01. The average molecular weight is 278 g/mol. The van der Waals surface area contributed by atoms with E-state index in [2.05, 4.69) is 15.5 Å². The van der Waals surface area contributed by atoms with E-state index in [4.69, 9.17) is 16.1 Å². The van der Waals surface area contributed by atoms with Crippen LogP contribution in [0.1, 0.15) is 30.1 Å². The van der Waals surface area contributed by atoms with E-state index in [0.717, 1.165) is 47.9 Å². The van der Waals surface area contributed by atoms with E-state index in [0.29, 0.717) is 11.8 Å². The summed E-state index contributed by atoms with van der Waals surface area (Å²) in [7, 11) is 0. The minimum atomic E-state index is 0.353. The molecule has 5 heteroatoms. The molecular formula is C14H16ClN3O. The Morgan fingerprint density at radius 1 is 1.42 bits per heavy atom.